The van der Waals surface area contributed by atoms with Gasteiger partial charge in [-0.05, 0) is 19.9 Å². The van der Waals surface area contributed by atoms with E-state index in [1.54, 1.807) is 4.68 Å². The number of likely N-dealkylation sites (N-methyl/N-ethyl adjacent to an activating group) is 1. The number of hydrogen-bond acceptors (Lipinski definition) is 4. The fourth-order valence-electron chi connectivity index (χ4n) is 3.77. The van der Waals surface area contributed by atoms with Gasteiger partial charge in [0, 0.05) is 57.4 Å². The largest absolute Gasteiger partial charge is 0.312 e. The molecule has 4 heterocycles. The maximum Gasteiger partial charge on any atom is 0.130 e. The van der Waals surface area contributed by atoms with Gasteiger partial charge in [-0.3, -0.25) is 14.5 Å². The summed E-state index contributed by atoms with van der Waals surface area (Å²) in [4.78, 5) is 5.24. The predicted octanol–water partition coefficient (Wildman–Crippen LogP) is 0.902. The zero-order chi connectivity index (χ0) is 15.0. The van der Waals surface area contributed by atoms with Crippen LogP contribution in [-0.2, 0) is 13.5 Å². The smallest absolute Gasteiger partial charge is 0.130 e. The molecule has 4 rings (SSSR count). The summed E-state index contributed by atoms with van der Waals surface area (Å²) in [5, 5.41) is 8.92. The lowest BCUT2D eigenvalue weighted by Crippen LogP contribution is -2.66. The van der Waals surface area contributed by atoms with Crippen LogP contribution in [0.25, 0.3) is 0 Å². The Morgan fingerprint density at radius 3 is 2.52 bits per heavy atom. The normalized spacial score (nSPS) is 29.8. The van der Waals surface area contributed by atoms with E-state index in [1.165, 1.54) is 38.3 Å². The molecule has 3 fully saturated rings. The van der Waals surface area contributed by atoms with E-state index in [0.29, 0.717) is 12.1 Å². The van der Waals surface area contributed by atoms with Crippen molar-refractivity contribution in [1.82, 2.24) is 24.9 Å². The Morgan fingerprint density at radius 1 is 1.33 bits per heavy atom. The van der Waals surface area contributed by atoms with Gasteiger partial charge >= 0.3 is 0 Å². The number of halogens is 1. The van der Waals surface area contributed by atoms with Gasteiger partial charge in [0.1, 0.15) is 5.15 Å². The van der Waals surface area contributed by atoms with Crippen LogP contribution in [0.3, 0.4) is 0 Å². The quantitative estimate of drug-likeness (QED) is 0.877. The van der Waals surface area contributed by atoms with E-state index in [2.05, 4.69) is 34.1 Å². The number of aromatic nitrogens is 2. The third-order valence-electron chi connectivity index (χ3n) is 4.95. The lowest BCUT2D eigenvalue weighted by Gasteiger charge is -2.50. The maximum absolute atomic E-state index is 6.42. The summed E-state index contributed by atoms with van der Waals surface area (Å²) in [7, 11) is 1.92. The Labute approximate surface area is 132 Å². The monoisotopic (exact) mass is 311 g/mol. The Kier molecular flexibility index (Phi) is 4.54. The van der Waals surface area contributed by atoms with Gasteiger partial charge in [0.05, 0.1) is 5.69 Å². The van der Waals surface area contributed by atoms with Gasteiger partial charge in [-0.15, -0.1) is 0 Å². The molecular formula is C15H26ClN5. The molecular weight excluding hydrogens is 286 g/mol. The molecule has 6 heteroatoms. The summed E-state index contributed by atoms with van der Waals surface area (Å²) in [6, 6.07) is 1.03. The van der Waals surface area contributed by atoms with Gasteiger partial charge in [-0.2, -0.15) is 5.10 Å². The average molecular weight is 312 g/mol. The number of rotatable bonds is 5. The molecule has 3 saturated heterocycles. The lowest BCUT2D eigenvalue weighted by atomic mass is 9.94. The predicted molar refractivity (Wildman–Crippen MR) is 85.9 cm³/mol. The van der Waals surface area contributed by atoms with Crippen molar-refractivity contribution in [3.05, 3.63) is 16.4 Å². The summed E-state index contributed by atoms with van der Waals surface area (Å²) in [6.07, 6.45) is 0.960. The Morgan fingerprint density at radius 2 is 2.05 bits per heavy atom. The second-order valence-electron chi connectivity index (χ2n) is 6.25. The van der Waals surface area contributed by atoms with Crippen LogP contribution >= 0.6 is 11.6 Å². The minimum atomic E-state index is 0.443. The second kappa shape index (κ2) is 6.24. The van der Waals surface area contributed by atoms with Crippen molar-refractivity contribution in [3.8, 4) is 0 Å². The van der Waals surface area contributed by atoms with Crippen molar-refractivity contribution in [2.24, 2.45) is 7.05 Å². The Bertz CT molecular complexity index is 492. The first kappa shape index (κ1) is 15.3. The van der Waals surface area contributed by atoms with Crippen molar-refractivity contribution in [3.63, 3.8) is 0 Å². The van der Waals surface area contributed by atoms with Crippen LogP contribution in [0, 0.1) is 6.92 Å². The molecule has 3 aliphatic heterocycles. The molecule has 118 valence electrons. The average Bonchev–Trinajstić information content (AvgIpc) is 2.74. The highest BCUT2D eigenvalue weighted by molar-refractivity contribution is 6.30. The first-order valence-corrected chi connectivity index (χ1v) is 8.35. The van der Waals surface area contributed by atoms with E-state index < -0.39 is 0 Å². The first-order chi connectivity index (χ1) is 10.1. The number of nitrogens with zero attached hydrogens (tertiary/aromatic N) is 4. The van der Waals surface area contributed by atoms with E-state index in [-0.39, 0.29) is 0 Å². The first-order valence-electron chi connectivity index (χ1n) is 7.98. The van der Waals surface area contributed by atoms with Crippen LogP contribution in [0.15, 0.2) is 0 Å². The van der Waals surface area contributed by atoms with Crippen molar-refractivity contribution in [2.75, 3.05) is 39.3 Å². The van der Waals surface area contributed by atoms with Crippen LogP contribution in [0.5, 0.6) is 0 Å². The molecule has 3 aliphatic rings. The van der Waals surface area contributed by atoms with Crippen LogP contribution in [0.1, 0.15) is 18.2 Å². The molecule has 0 aliphatic carbocycles. The minimum Gasteiger partial charge on any atom is -0.312 e. The molecule has 0 radical (unpaired) electrons. The van der Waals surface area contributed by atoms with E-state index >= 15 is 0 Å². The van der Waals surface area contributed by atoms with E-state index in [0.717, 1.165) is 23.8 Å². The maximum atomic E-state index is 6.42. The van der Waals surface area contributed by atoms with Crippen LogP contribution in [0.4, 0.5) is 0 Å². The summed E-state index contributed by atoms with van der Waals surface area (Å²) < 4.78 is 1.78. The van der Waals surface area contributed by atoms with Gasteiger partial charge in [0.25, 0.3) is 0 Å². The Balaban J connectivity index is 1.78. The zero-order valence-corrected chi connectivity index (χ0v) is 14.0. The van der Waals surface area contributed by atoms with Crippen molar-refractivity contribution < 1.29 is 0 Å². The van der Waals surface area contributed by atoms with Crippen molar-refractivity contribution in [2.45, 2.75) is 32.4 Å². The standard InChI is InChI=1S/C15H26ClN5/c1-4-17-13(9-12-11(2)18-19(3)15(12)16)14-10-20-5-7-21(14)8-6-20/h13-14,17H,4-10H2,1-3H3. The summed E-state index contributed by atoms with van der Waals surface area (Å²) in [6.45, 7) is 11.3. The minimum absolute atomic E-state index is 0.443. The van der Waals surface area contributed by atoms with E-state index in [9.17, 15) is 0 Å². The molecule has 1 N–H and O–H groups in total. The molecule has 2 unspecified atom stereocenters. The lowest BCUT2D eigenvalue weighted by molar-refractivity contribution is -0.00290. The fourth-order valence-corrected chi connectivity index (χ4v) is 4.02. The molecule has 21 heavy (non-hydrogen) atoms. The molecule has 2 atom stereocenters. The van der Waals surface area contributed by atoms with Gasteiger partial charge in [-0.25, -0.2) is 0 Å². The Hall–Kier alpha value is -0.620. The number of piperazine rings is 3. The molecule has 1 aromatic rings. The molecule has 2 bridgehead atoms. The van der Waals surface area contributed by atoms with Crippen LogP contribution in [-0.4, -0.2) is 70.9 Å². The molecule has 0 aromatic carbocycles. The number of aryl methyl sites for hydroxylation is 2. The highest BCUT2D eigenvalue weighted by Crippen LogP contribution is 2.25. The van der Waals surface area contributed by atoms with Gasteiger partial charge in [0.2, 0.25) is 0 Å². The third kappa shape index (κ3) is 2.97. The van der Waals surface area contributed by atoms with Gasteiger partial charge in [0.15, 0.2) is 0 Å². The fraction of sp³-hybridized carbons (Fsp3) is 0.800. The summed E-state index contributed by atoms with van der Waals surface area (Å²) >= 11 is 6.42. The molecule has 5 nitrogen and oxygen atoms in total. The van der Waals surface area contributed by atoms with Crippen LogP contribution < -0.4 is 5.32 Å². The number of nitrogens with one attached hydrogen (secondary N) is 1. The van der Waals surface area contributed by atoms with Crippen molar-refractivity contribution in [1.29, 1.82) is 0 Å². The van der Waals surface area contributed by atoms with E-state index in [4.69, 9.17) is 11.6 Å². The summed E-state index contributed by atoms with van der Waals surface area (Å²) in [5.74, 6) is 0. The second-order valence-corrected chi connectivity index (χ2v) is 6.61. The molecule has 1 aromatic heterocycles. The highest BCUT2D eigenvalue weighted by atomic mass is 35.5. The topological polar surface area (TPSA) is 36.3 Å². The highest BCUT2D eigenvalue weighted by Gasteiger charge is 2.37. The number of hydrogen-bond donors (Lipinski definition) is 1. The molecule has 0 spiro atoms. The summed E-state index contributed by atoms with van der Waals surface area (Å²) in [5.41, 5.74) is 2.25. The van der Waals surface area contributed by atoms with Crippen molar-refractivity contribution >= 4 is 11.6 Å². The van der Waals surface area contributed by atoms with Gasteiger partial charge in [-0.1, -0.05) is 18.5 Å². The third-order valence-corrected chi connectivity index (χ3v) is 5.42. The SMILES string of the molecule is CCNC(Cc1c(C)nn(C)c1Cl)C1CN2CCN1CC2. The zero-order valence-electron chi connectivity index (χ0n) is 13.3. The molecule has 0 saturated carbocycles. The van der Waals surface area contributed by atoms with E-state index in [1.807, 2.05) is 7.05 Å². The molecule has 0 amide bonds. The number of fused-ring (bicyclic) bond motifs is 3. The van der Waals surface area contributed by atoms with Gasteiger partial charge < -0.3 is 5.32 Å². The van der Waals surface area contributed by atoms with Crippen LogP contribution in [0.2, 0.25) is 5.15 Å².